The monoisotopic (exact) mass is 465 g/mol. The van der Waals surface area contributed by atoms with E-state index in [1.807, 2.05) is 47.0 Å². The number of ketones is 1. The number of aromatic nitrogens is 3. The molecule has 1 heterocycles. The summed E-state index contributed by atoms with van der Waals surface area (Å²) in [5.74, 6) is 2.10. The molecule has 0 aliphatic rings. The predicted molar refractivity (Wildman–Crippen MR) is 126 cm³/mol. The van der Waals surface area contributed by atoms with Gasteiger partial charge in [0.05, 0.1) is 30.7 Å². The van der Waals surface area contributed by atoms with E-state index in [0.717, 1.165) is 11.3 Å². The van der Waals surface area contributed by atoms with E-state index >= 15 is 0 Å². The van der Waals surface area contributed by atoms with E-state index in [9.17, 15) is 4.79 Å². The third-order valence-corrected chi connectivity index (χ3v) is 6.08. The highest BCUT2D eigenvalue weighted by Gasteiger charge is 2.21. The zero-order valence-electron chi connectivity index (χ0n) is 17.5. The Morgan fingerprint density at radius 3 is 2.38 bits per heavy atom. The summed E-state index contributed by atoms with van der Waals surface area (Å²) in [6.07, 6.45) is 0. The first kappa shape index (κ1) is 21.9. The Balaban J connectivity index is 1.70. The lowest BCUT2D eigenvalue weighted by Crippen LogP contribution is -2.06. The second kappa shape index (κ2) is 9.89. The first-order chi connectivity index (χ1) is 15.6. The lowest BCUT2D eigenvalue weighted by atomic mass is 10.1. The summed E-state index contributed by atoms with van der Waals surface area (Å²) >= 11 is 7.76. The van der Waals surface area contributed by atoms with Gasteiger partial charge in [-0.15, -0.1) is 10.2 Å². The standard InChI is InChI=1S/C24H20ClN3O3S/c1-30-17-13-11-16(12-14-17)21(29)15-32-24-27-26-23(18-7-3-4-8-19(18)25)28(24)20-9-5-6-10-22(20)31-2/h3-14H,15H2,1-2H3. The normalized spacial score (nSPS) is 10.7. The van der Waals surface area contributed by atoms with Gasteiger partial charge in [0, 0.05) is 11.1 Å². The summed E-state index contributed by atoms with van der Waals surface area (Å²) in [7, 11) is 3.20. The topological polar surface area (TPSA) is 66.2 Å². The summed E-state index contributed by atoms with van der Waals surface area (Å²) in [5, 5.41) is 9.88. The van der Waals surface area contributed by atoms with Crippen molar-refractivity contribution >= 4 is 29.1 Å². The number of carbonyl (C=O) groups is 1. The molecule has 0 aliphatic carbocycles. The fourth-order valence-electron chi connectivity index (χ4n) is 3.20. The molecular weight excluding hydrogens is 446 g/mol. The third-order valence-electron chi connectivity index (χ3n) is 4.82. The quantitative estimate of drug-likeness (QED) is 0.250. The van der Waals surface area contributed by atoms with Gasteiger partial charge >= 0.3 is 0 Å². The maximum atomic E-state index is 12.8. The maximum absolute atomic E-state index is 12.8. The van der Waals surface area contributed by atoms with E-state index in [2.05, 4.69) is 10.2 Å². The minimum absolute atomic E-state index is 0.0217. The van der Waals surface area contributed by atoms with Crippen molar-refractivity contribution in [3.8, 4) is 28.6 Å². The summed E-state index contributed by atoms with van der Waals surface area (Å²) < 4.78 is 12.6. The molecule has 0 bridgehead atoms. The molecule has 6 nitrogen and oxygen atoms in total. The van der Waals surface area contributed by atoms with Gasteiger partial charge in [0.1, 0.15) is 11.5 Å². The fraction of sp³-hybridized carbons (Fsp3) is 0.125. The predicted octanol–water partition coefficient (Wildman–Crippen LogP) is 5.58. The van der Waals surface area contributed by atoms with Crippen LogP contribution in [0.5, 0.6) is 11.5 Å². The zero-order chi connectivity index (χ0) is 22.5. The number of thioether (sulfide) groups is 1. The number of halogens is 1. The van der Waals surface area contributed by atoms with Gasteiger partial charge in [0.2, 0.25) is 0 Å². The highest BCUT2D eigenvalue weighted by Crippen LogP contribution is 2.35. The number of Topliss-reactive ketones (excluding diaryl/α,β-unsaturated/α-hetero) is 1. The Labute approximate surface area is 195 Å². The van der Waals surface area contributed by atoms with Gasteiger partial charge in [0.25, 0.3) is 0 Å². The minimum atomic E-state index is -0.0217. The summed E-state index contributed by atoms with van der Waals surface area (Å²) in [6.45, 7) is 0. The van der Waals surface area contributed by atoms with Gasteiger partial charge in [-0.2, -0.15) is 0 Å². The van der Waals surface area contributed by atoms with Crippen molar-refractivity contribution in [1.29, 1.82) is 0 Å². The Bertz CT molecular complexity index is 1240. The zero-order valence-corrected chi connectivity index (χ0v) is 19.1. The molecule has 4 rings (SSSR count). The molecule has 4 aromatic rings. The second-order valence-electron chi connectivity index (χ2n) is 6.73. The van der Waals surface area contributed by atoms with Crippen LogP contribution in [0.25, 0.3) is 17.1 Å². The van der Waals surface area contributed by atoms with Crippen LogP contribution in [-0.2, 0) is 0 Å². The molecule has 0 amide bonds. The molecule has 8 heteroatoms. The fourth-order valence-corrected chi connectivity index (χ4v) is 4.26. The van der Waals surface area contributed by atoms with Crippen LogP contribution in [0.15, 0.2) is 78.0 Å². The number of benzene rings is 3. The number of hydrogen-bond donors (Lipinski definition) is 0. The summed E-state index contributed by atoms with van der Waals surface area (Å²) in [5.41, 5.74) is 2.10. The molecule has 162 valence electrons. The SMILES string of the molecule is COc1ccc(C(=O)CSc2nnc(-c3ccccc3Cl)n2-c2ccccc2OC)cc1. The highest BCUT2D eigenvalue weighted by atomic mass is 35.5. The minimum Gasteiger partial charge on any atom is -0.497 e. The number of ether oxygens (including phenoxy) is 2. The Hall–Kier alpha value is -3.29. The molecule has 0 unspecified atom stereocenters. The lowest BCUT2D eigenvalue weighted by Gasteiger charge is -2.14. The largest absolute Gasteiger partial charge is 0.497 e. The van der Waals surface area contributed by atoms with Crippen LogP contribution in [0.2, 0.25) is 5.02 Å². The van der Waals surface area contributed by atoms with Crippen molar-refractivity contribution in [1.82, 2.24) is 14.8 Å². The highest BCUT2D eigenvalue weighted by molar-refractivity contribution is 7.99. The van der Waals surface area contributed by atoms with Crippen molar-refractivity contribution in [3.05, 3.63) is 83.4 Å². The van der Waals surface area contributed by atoms with Crippen molar-refractivity contribution in [2.24, 2.45) is 0 Å². The van der Waals surface area contributed by atoms with Gasteiger partial charge in [-0.05, 0) is 48.5 Å². The van der Waals surface area contributed by atoms with Crippen LogP contribution >= 0.6 is 23.4 Å². The molecule has 0 fully saturated rings. The van der Waals surface area contributed by atoms with Crippen LogP contribution in [0.4, 0.5) is 0 Å². The van der Waals surface area contributed by atoms with Gasteiger partial charge in [0.15, 0.2) is 16.8 Å². The van der Waals surface area contributed by atoms with Crippen molar-refractivity contribution in [2.75, 3.05) is 20.0 Å². The molecule has 32 heavy (non-hydrogen) atoms. The number of rotatable bonds is 8. The molecule has 3 aromatic carbocycles. The van der Waals surface area contributed by atoms with Crippen LogP contribution in [-0.4, -0.2) is 40.5 Å². The van der Waals surface area contributed by atoms with Gasteiger partial charge in [-0.25, -0.2) is 0 Å². The number of nitrogens with zero attached hydrogens (tertiary/aromatic N) is 3. The van der Waals surface area contributed by atoms with E-state index in [-0.39, 0.29) is 11.5 Å². The van der Waals surface area contributed by atoms with E-state index in [1.165, 1.54) is 11.8 Å². The molecule has 0 spiro atoms. The first-order valence-electron chi connectivity index (χ1n) is 9.76. The molecule has 0 aliphatic heterocycles. The number of methoxy groups -OCH3 is 2. The molecule has 1 aromatic heterocycles. The van der Waals surface area contributed by atoms with E-state index in [0.29, 0.717) is 33.1 Å². The van der Waals surface area contributed by atoms with Gasteiger partial charge in [-0.3, -0.25) is 9.36 Å². The molecule has 0 saturated carbocycles. The first-order valence-corrected chi connectivity index (χ1v) is 11.1. The third kappa shape index (κ3) is 4.49. The number of carbonyl (C=O) groups excluding carboxylic acids is 1. The van der Waals surface area contributed by atoms with Gasteiger partial charge in [-0.1, -0.05) is 47.6 Å². The number of para-hydroxylation sites is 2. The lowest BCUT2D eigenvalue weighted by molar-refractivity contribution is 0.102. The van der Waals surface area contributed by atoms with Crippen LogP contribution < -0.4 is 9.47 Å². The van der Waals surface area contributed by atoms with E-state index < -0.39 is 0 Å². The Morgan fingerprint density at radius 1 is 0.938 bits per heavy atom. The second-order valence-corrected chi connectivity index (χ2v) is 8.08. The van der Waals surface area contributed by atoms with Crippen molar-refractivity contribution in [2.45, 2.75) is 5.16 Å². The smallest absolute Gasteiger partial charge is 0.196 e. The van der Waals surface area contributed by atoms with Crippen LogP contribution in [0.1, 0.15) is 10.4 Å². The Morgan fingerprint density at radius 2 is 1.66 bits per heavy atom. The van der Waals surface area contributed by atoms with Gasteiger partial charge < -0.3 is 9.47 Å². The van der Waals surface area contributed by atoms with Crippen molar-refractivity contribution in [3.63, 3.8) is 0 Å². The summed E-state index contributed by atoms with van der Waals surface area (Å²) in [4.78, 5) is 12.8. The van der Waals surface area contributed by atoms with Crippen LogP contribution in [0, 0.1) is 0 Å². The summed E-state index contributed by atoms with van der Waals surface area (Å²) in [6, 6.07) is 22.1. The average molecular weight is 466 g/mol. The van der Waals surface area contributed by atoms with E-state index in [4.69, 9.17) is 21.1 Å². The van der Waals surface area contributed by atoms with E-state index in [1.54, 1.807) is 44.6 Å². The molecule has 0 saturated heterocycles. The molecule has 0 radical (unpaired) electrons. The van der Waals surface area contributed by atoms with Crippen LogP contribution in [0.3, 0.4) is 0 Å². The van der Waals surface area contributed by atoms with Crippen molar-refractivity contribution < 1.29 is 14.3 Å². The maximum Gasteiger partial charge on any atom is 0.196 e. The molecule has 0 N–H and O–H groups in total. The number of hydrogen-bond acceptors (Lipinski definition) is 6. The molecular formula is C24H20ClN3O3S. The Kier molecular flexibility index (Phi) is 6.78. The average Bonchev–Trinajstić information content (AvgIpc) is 3.26. The molecule has 0 atom stereocenters.